The van der Waals surface area contributed by atoms with Crippen LogP contribution >= 0.6 is 11.6 Å². The van der Waals surface area contributed by atoms with Gasteiger partial charge in [0.25, 0.3) is 0 Å². The summed E-state index contributed by atoms with van der Waals surface area (Å²) in [6.45, 7) is 6.10. The van der Waals surface area contributed by atoms with Gasteiger partial charge < -0.3 is 14.8 Å². The first-order valence-electron chi connectivity index (χ1n) is 11.1. The molecule has 1 atom stereocenters. The van der Waals surface area contributed by atoms with E-state index in [0.717, 1.165) is 43.0 Å². The van der Waals surface area contributed by atoms with Crippen LogP contribution in [0.5, 0.6) is 11.5 Å². The molecule has 7 heteroatoms. The van der Waals surface area contributed by atoms with Crippen LogP contribution in [0.25, 0.3) is 0 Å². The van der Waals surface area contributed by atoms with E-state index in [-0.39, 0.29) is 29.3 Å². The Kier molecular flexibility index (Phi) is 6.63. The minimum Gasteiger partial charge on any atom is -0.497 e. The van der Waals surface area contributed by atoms with Crippen LogP contribution in [-0.4, -0.2) is 36.6 Å². The number of piperidine rings is 1. The smallest absolute Gasteiger partial charge is 0.223 e. The number of methoxy groups -OCH3 is 1. The van der Waals surface area contributed by atoms with Crippen molar-refractivity contribution < 1.29 is 18.7 Å². The number of ether oxygens (including phenoxy) is 2. The summed E-state index contributed by atoms with van der Waals surface area (Å²) in [7, 11) is 1.63. The number of rotatable bonds is 5. The molecular weight excluding hydrogens is 431 g/mol. The van der Waals surface area contributed by atoms with Crippen molar-refractivity contribution in [1.29, 1.82) is 0 Å². The first-order valence-corrected chi connectivity index (χ1v) is 11.5. The number of benzene rings is 2. The van der Waals surface area contributed by atoms with Gasteiger partial charge in [-0.15, -0.1) is 0 Å². The van der Waals surface area contributed by atoms with E-state index >= 15 is 0 Å². The standard InChI is InChI=1S/C25H30ClFN2O3/c1-25(2)14-22(20-13-19(31-3)6-7-23(20)32-25)28-24(30)16-8-10-29(11-9-16)15-17-4-5-18(26)12-21(17)27/h4-7,12-13,16,22H,8-11,14-15H2,1-3H3,(H,28,30)/t22-/m1/s1. The number of hydrogen-bond acceptors (Lipinski definition) is 4. The van der Waals surface area contributed by atoms with Crippen molar-refractivity contribution in [2.45, 2.75) is 51.3 Å². The van der Waals surface area contributed by atoms with Crippen molar-refractivity contribution in [2.75, 3.05) is 20.2 Å². The van der Waals surface area contributed by atoms with E-state index in [1.165, 1.54) is 6.07 Å². The maximum absolute atomic E-state index is 14.1. The van der Waals surface area contributed by atoms with E-state index in [1.807, 2.05) is 32.0 Å². The van der Waals surface area contributed by atoms with Crippen LogP contribution in [0.4, 0.5) is 4.39 Å². The highest BCUT2D eigenvalue weighted by molar-refractivity contribution is 6.30. The van der Waals surface area contributed by atoms with Crippen LogP contribution in [0.3, 0.4) is 0 Å². The molecule has 5 nitrogen and oxygen atoms in total. The molecule has 0 unspecified atom stereocenters. The number of likely N-dealkylation sites (tertiary alicyclic amines) is 1. The van der Waals surface area contributed by atoms with Gasteiger partial charge in [0.15, 0.2) is 0 Å². The van der Waals surface area contributed by atoms with Crippen molar-refractivity contribution in [3.63, 3.8) is 0 Å². The lowest BCUT2D eigenvalue weighted by atomic mass is 9.88. The Balaban J connectivity index is 1.38. The minimum atomic E-state index is -0.369. The van der Waals surface area contributed by atoms with Crippen molar-refractivity contribution in [3.8, 4) is 11.5 Å². The Bertz CT molecular complexity index is 989. The lowest BCUT2D eigenvalue weighted by molar-refractivity contribution is -0.127. The van der Waals surface area contributed by atoms with Crippen LogP contribution in [0.2, 0.25) is 5.02 Å². The number of nitrogens with one attached hydrogen (secondary N) is 1. The van der Waals surface area contributed by atoms with Gasteiger partial charge in [-0.1, -0.05) is 17.7 Å². The maximum Gasteiger partial charge on any atom is 0.223 e. The van der Waals surface area contributed by atoms with Gasteiger partial charge in [0.1, 0.15) is 22.9 Å². The number of amides is 1. The number of hydrogen-bond donors (Lipinski definition) is 1. The van der Waals surface area contributed by atoms with Crippen LogP contribution in [0.1, 0.15) is 50.3 Å². The van der Waals surface area contributed by atoms with E-state index in [4.69, 9.17) is 21.1 Å². The third kappa shape index (κ3) is 5.18. The van der Waals surface area contributed by atoms with Gasteiger partial charge in [0, 0.05) is 35.0 Å². The number of fused-ring (bicyclic) bond motifs is 1. The van der Waals surface area contributed by atoms with E-state index in [2.05, 4.69) is 10.2 Å². The molecule has 0 spiro atoms. The minimum absolute atomic E-state index is 0.0543. The Morgan fingerprint density at radius 3 is 2.69 bits per heavy atom. The summed E-state index contributed by atoms with van der Waals surface area (Å²) in [5.74, 6) is 1.26. The predicted molar refractivity (Wildman–Crippen MR) is 123 cm³/mol. The second-order valence-corrected chi connectivity index (χ2v) is 9.75. The average Bonchev–Trinajstić information content (AvgIpc) is 2.75. The third-order valence-electron chi connectivity index (χ3n) is 6.36. The topological polar surface area (TPSA) is 50.8 Å². The number of carbonyl (C=O) groups is 1. The molecule has 0 bridgehead atoms. The Labute approximate surface area is 193 Å². The fourth-order valence-corrected chi connectivity index (χ4v) is 4.78. The summed E-state index contributed by atoms with van der Waals surface area (Å²) < 4.78 is 25.6. The predicted octanol–water partition coefficient (Wildman–Crippen LogP) is 5.12. The third-order valence-corrected chi connectivity index (χ3v) is 6.59. The van der Waals surface area contributed by atoms with Gasteiger partial charge in [-0.3, -0.25) is 9.69 Å². The van der Waals surface area contributed by atoms with E-state index in [0.29, 0.717) is 23.6 Å². The first-order chi connectivity index (χ1) is 15.2. The summed E-state index contributed by atoms with van der Waals surface area (Å²) in [5, 5.41) is 3.66. The molecule has 2 aromatic rings. The molecule has 2 heterocycles. The Hall–Kier alpha value is -2.31. The number of carbonyl (C=O) groups excluding carboxylic acids is 1. The van der Waals surface area contributed by atoms with Crippen molar-refractivity contribution >= 4 is 17.5 Å². The largest absolute Gasteiger partial charge is 0.497 e. The van der Waals surface area contributed by atoms with E-state index in [9.17, 15) is 9.18 Å². The summed E-state index contributed by atoms with van der Waals surface area (Å²) in [6, 6.07) is 10.4. The molecule has 1 saturated heterocycles. The molecule has 1 N–H and O–H groups in total. The Morgan fingerprint density at radius 2 is 2.00 bits per heavy atom. The zero-order chi connectivity index (χ0) is 22.9. The van der Waals surface area contributed by atoms with Gasteiger partial charge in [-0.25, -0.2) is 4.39 Å². The van der Waals surface area contributed by atoms with E-state index < -0.39 is 0 Å². The molecule has 0 aliphatic carbocycles. The SMILES string of the molecule is COc1ccc2c(c1)[C@H](NC(=O)C1CCN(Cc3ccc(Cl)cc3F)CC1)CC(C)(C)O2. The zero-order valence-corrected chi connectivity index (χ0v) is 19.5. The molecule has 4 rings (SSSR count). The van der Waals surface area contributed by atoms with Crippen molar-refractivity contribution in [3.05, 3.63) is 58.4 Å². The summed E-state index contributed by atoms with van der Waals surface area (Å²) in [4.78, 5) is 15.3. The van der Waals surface area contributed by atoms with Gasteiger partial charge in [-0.05, 0) is 70.1 Å². The normalized spacial score (nSPS) is 20.8. The second kappa shape index (κ2) is 9.28. The zero-order valence-electron chi connectivity index (χ0n) is 18.8. The monoisotopic (exact) mass is 460 g/mol. The molecule has 0 radical (unpaired) electrons. The highest BCUT2D eigenvalue weighted by atomic mass is 35.5. The van der Waals surface area contributed by atoms with Crippen LogP contribution in [0, 0.1) is 11.7 Å². The first kappa shape index (κ1) is 22.9. The van der Waals surface area contributed by atoms with Crippen LogP contribution in [-0.2, 0) is 11.3 Å². The van der Waals surface area contributed by atoms with Crippen molar-refractivity contribution in [2.24, 2.45) is 5.92 Å². The molecule has 2 aliphatic heterocycles. The number of halogens is 2. The molecule has 172 valence electrons. The van der Waals surface area contributed by atoms with Crippen LogP contribution in [0.15, 0.2) is 36.4 Å². The second-order valence-electron chi connectivity index (χ2n) is 9.32. The molecule has 0 aromatic heterocycles. The number of nitrogens with zero attached hydrogens (tertiary/aromatic N) is 1. The summed E-state index contributed by atoms with van der Waals surface area (Å²) in [6.07, 6.45) is 2.19. The molecule has 1 fully saturated rings. The quantitative estimate of drug-likeness (QED) is 0.673. The average molecular weight is 461 g/mol. The summed E-state index contributed by atoms with van der Waals surface area (Å²) in [5.41, 5.74) is 1.21. The van der Waals surface area contributed by atoms with E-state index in [1.54, 1.807) is 19.2 Å². The highest BCUT2D eigenvalue weighted by Gasteiger charge is 2.36. The lowest BCUT2D eigenvalue weighted by Crippen LogP contribution is -2.45. The fourth-order valence-electron chi connectivity index (χ4n) is 4.62. The van der Waals surface area contributed by atoms with Gasteiger partial charge in [0.05, 0.1) is 13.2 Å². The molecule has 0 saturated carbocycles. The molecule has 2 aliphatic rings. The molecular formula is C25H30ClFN2O3. The summed E-state index contributed by atoms with van der Waals surface area (Å²) >= 11 is 5.85. The molecule has 32 heavy (non-hydrogen) atoms. The van der Waals surface area contributed by atoms with Crippen molar-refractivity contribution in [1.82, 2.24) is 10.2 Å². The molecule has 2 aromatic carbocycles. The van der Waals surface area contributed by atoms with Crippen LogP contribution < -0.4 is 14.8 Å². The van der Waals surface area contributed by atoms with Gasteiger partial charge in [-0.2, -0.15) is 0 Å². The lowest BCUT2D eigenvalue weighted by Gasteiger charge is -2.39. The maximum atomic E-state index is 14.1. The highest BCUT2D eigenvalue weighted by Crippen LogP contribution is 2.41. The van der Waals surface area contributed by atoms with Gasteiger partial charge in [0.2, 0.25) is 5.91 Å². The molecule has 1 amide bonds. The van der Waals surface area contributed by atoms with Gasteiger partial charge >= 0.3 is 0 Å². The fraction of sp³-hybridized carbons (Fsp3) is 0.480. The Morgan fingerprint density at radius 1 is 1.25 bits per heavy atom.